The van der Waals surface area contributed by atoms with E-state index in [-0.39, 0.29) is 10.8 Å². The Morgan fingerprint density at radius 3 is 1.94 bits per heavy atom. The number of aromatic nitrogens is 1. The van der Waals surface area contributed by atoms with Crippen LogP contribution in [0.5, 0.6) is 5.95 Å². The van der Waals surface area contributed by atoms with Gasteiger partial charge in [0.1, 0.15) is 4.90 Å². The molecule has 0 N–H and O–H groups in total. The molecule has 49 heavy (non-hydrogen) atoms. The molecule has 0 atom stereocenters. The first-order chi connectivity index (χ1) is 23.8. The Hall–Kier alpha value is -5.44. The average Bonchev–Trinajstić information content (AvgIpc) is 3.39. The SMILES string of the molecule is Cn1c(C(c2ccccc2)c2ccccc2)c(-c2c(OS(=O)(=O)c3cccc4ccccc34)oc(=O)c3ccccc23)c2ccc(Br)cc21. The lowest BCUT2D eigenvalue weighted by atomic mass is 9.84. The van der Waals surface area contributed by atoms with E-state index in [1.54, 1.807) is 36.4 Å². The molecule has 0 amide bonds. The summed E-state index contributed by atoms with van der Waals surface area (Å²) in [6, 6.07) is 45.6. The molecule has 0 radical (unpaired) electrons. The summed E-state index contributed by atoms with van der Waals surface area (Å²) >= 11 is 3.66. The topological polar surface area (TPSA) is 78.5 Å². The number of hydrogen-bond donors (Lipinski definition) is 0. The largest absolute Gasteiger partial charge is 0.388 e. The number of rotatable bonds is 7. The number of aryl methyl sites for hydroxylation is 1. The maximum absolute atomic E-state index is 14.2. The van der Waals surface area contributed by atoms with Crippen molar-refractivity contribution in [2.24, 2.45) is 7.05 Å². The van der Waals surface area contributed by atoms with E-state index in [4.69, 9.17) is 8.60 Å². The van der Waals surface area contributed by atoms with Crippen molar-refractivity contribution >= 4 is 58.5 Å². The van der Waals surface area contributed by atoms with E-state index in [9.17, 15) is 13.2 Å². The van der Waals surface area contributed by atoms with Crippen LogP contribution < -0.4 is 9.81 Å². The van der Waals surface area contributed by atoms with Gasteiger partial charge < -0.3 is 13.2 Å². The first-order valence-corrected chi connectivity index (χ1v) is 17.9. The lowest BCUT2D eigenvalue weighted by molar-refractivity contribution is 0.364. The molecule has 0 aliphatic heterocycles. The maximum Gasteiger partial charge on any atom is 0.346 e. The molecule has 8 aromatic rings. The van der Waals surface area contributed by atoms with Gasteiger partial charge in [-0.1, -0.05) is 137 Å². The molecule has 0 spiro atoms. The van der Waals surface area contributed by atoms with Crippen LogP contribution >= 0.6 is 15.9 Å². The summed E-state index contributed by atoms with van der Waals surface area (Å²) in [7, 11) is -2.49. The Labute approximate surface area is 291 Å². The summed E-state index contributed by atoms with van der Waals surface area (Å²) in [5, 5.41) is 2.90. The third kappa shape index (κ3) is 5.33. The van der Waals surface area contributed by atoms with Crippen molar-refractivity contribution < 1.29 is 17.0 Å². The highest BCUT2D eigenvalue weighted by Gasteiger charge is 2.33. The molecule has 8 rings (SSSR count). The third-order valence-electron chi connectivity index (χ3n) is 9.01. The van der Waals surface area contributed by atoms with Gasteiger partial charge in [-0.2, -0.15) is 8.42 Å². The van der Waals surface area contributed by atoms with Crippen molar-refractivity contribution in [2.75, 3.05) is 0 Å². The Balaban J connectivity index is 1.48. The van der Waals surface area contributed by atoms with E-state index in [1.165, 1.54) is 6.07 Å². The van der Waals surface area contributed by atoms with Crippen LogP contribution in [0.4, 0.5) is 0 Å². The summed E-state index contributed by atoms with van der Waals surface area (Å²) in [5.74, 6) is -0.685. The van der Waals surface area contributed by atoms with Crippen LogP contribution in [0.1, 0.15) is 22.7 Å². The molecule has 240 valence electrons. The monoisotopic (exact) mass is 725 g/mol. The standard InChI is InChI=1S/C41H28BrNO5S/c1-43-34-25-29(42)23-24-33(34)37(39(43)36(27-14-4-2-5-15-27)28-16-6-3-7-17-28)38-31-20-10-11-21-32(31)40(44)47-41(38)48-49(45,46)35-22-12-18-26-13-8-9-19-30(26)35/h2-25,36H,1H3. The van der Waals surface area contributed by atoms with Crippen LogP contribution in [-0.2, 0) is 17.2 Å². The number of nitrogens with zero attached hydrogens (tertiary/aromatic N) is 1. The van der Waals surface area contributed by atoms with Gasteiger partial charge in [0.2, 0.25) is 0 Å². The van der Waals surface area contributed by atoms with E-state index >= 15 is 0 Å². The van der Waals surface area contributed by atoms with E-state index < -0.39 is 21.7 Å². The predicted octanol–water partition coefficient (Wildman–Crippen LogP) is 9.82. The Morgan fingerprint density at radius 2 is 1.24 bits per heavy atom. The van der Waals surface area contributed by atoms with Gasteiger partial charge in [-0.3, -0.25) is 0 Å². The molecule has 0 aliphatic carbocycles. The van der Waals surface area contributed by atoms with E-state index in [0.717, 1.165) is 37.6 Å². The van der Waals surface area contributed by atoms with Crippen LogP contribution in [0.25, 0.3) is 43.6 Å². The number of hydrogen-bond acceptors (Lipinski definition) is 5. The highest BCUT2D eigenvalue weighted by atomic mass is 79.9. The minimum Gasteiger partial charge on any atom is -0.388 e. The fourth-order valence-electron chi connectivity index (χ4n) is 6.86. The molecule has 2 aromatic heterocycles. The van der Waals surface area contributed by atoms with Crippen LogP contribution in [0.3, 0.4) is 0 Å². The van der Waals surface area contributed by atoms with Crippen molar-refractivity contribution in [3.05, 3.63) is 177 Å². The quantitative estimate of drug-likeness (QED) is 0.153. The summed E-state index contributed by atoms with van der Waals surface area (Å²) in [6.45, 7) is 0. The first kappa shape index (κ1) is 30.9. The van der Waals surface area contributed by atoms with Gasteiger partial charge in [-0.05, 0) is 40.8 Å². The number of fused-ring (bicyclic) bond motifs is 3. The molecular formula is C41H28BrNO5S. The van der Waals surface area contributed by atoms with Crippen molar-refractivity contribution in [1.82, 2.24) is 4.57 Å². The van der Waals surface area contributed by atoms with E-state index in [2.05, 4.69) is 44.8 Å². The Morgan fingerprint density at radius 1 is 0.653 bits per heavy atom. The van der Waals surface area contributed by atoms with Crippen LogP contribution in [0.15, 0.2) is 164 Å². The summed E-state index contributed by atoms with van der Waals surface area (Å²) in [6.07, 6.45) is 0. The Kier molecular flexibility index (Phi) is 7.70. The molecular weight excluding hydrogens is 698 g/mol. The second-order valence-electron chi connectivity index (χ2n) is 11.8. The Bertz CT molecular complexity index is 2660. The van der Waals surface area contributed by atoms with Gasteiger partial charge >= 0.3 is 21.7 Å². The van der Waals surface area contributed by atoms with Crippen molar-refractivity contribution in [1.29, 1.82) is 0 Å². The van der Waals surface area contributed by atoms with Crippen LogP contribution in [0, 0.1) is 0 Å². The molecule has 0 unspecified atom stereocenters. The van der Waals surface area contributed by atoms with Gasteiger partial charge in [0.15, 0.2) is 0 Å². The molecule has 0 saturated heterocycles. The predicted molar refractivity (Wildman–Crippen MR) is 198 cm³/mol. The van der Waals surface area contributed by atoms with Gasteiger partial charge in [-0.25, -0.2) is 4.79 Å². The minimum atomic E-state index is -4.49. The molecule has 0 aliphatic rings. The zero-order chi connectivity index (χ0) is 33.7. The van der Waals surface area contributed by atoms with Gasteiger partial charge in [0.05, 0.1) is 10.9 Å². The number of benzene rings is 6. The lowest BCUT2D eigenvalue weighted by Crippen LogP contribution is -2.14. The number of halogens is 1. The molecule has 8 heteroatoms. The summed E-state index contributed by atoms with van der Waals surface area (Å²) in [5.41, 5.74) is 4.21. The average molecular weight is 727 g/mol. The van der Waals surface area contributed by atoms with Gasteiger partial charge in [0.25, 0.3) is 0 Å². The van der Waals surface area contributed by atoms with Crippen molar-refractivity contribution in [3.63, 3.8) is 0 Å². The second-order valence-corrected chi connectivity index (χ2v) is 14.3. The van der Waals surface area contributed by atoms with Crippen molar-refractivity contribution in [3.8, 4) is 17.1 Å². The third-order valence-corrected chi connectivity index (χ3v) is 10.8. The molecule has 0 saturated carbocycles. The molecule has 6 aromatic carbocycles. The normalized spacial score (nSPS) is 11.9. The van der Waals surface area contributed by atoms with E-state index in [1.807, 2.05) is 85.9 Å². The molecule has 0 bridgehead atoms. The van der Waals surface area contributed by atoms with E-state index in [0.29, 0.717) is 27.3 Å². The van der Waals surface area contributed by atoms with Gasteiger partial charge in [0, 0.05) is 50.4 Å². The van der Waals surface area contributed by atoms with Gasteiger partial charge in [-0.15, -0.1) is 0 Å². The zero-order valence-electron chi connectivity index (χ0n) is 26.2. The fraction of sp³-hybridized carbons (Fsp3) is 0.0488. The maximum atomic E-state index is 14.2. The van der Waals surface area contributed by atoms with Crippen LogP contribution in [-0.4, -0.2) is 13.0 Å². The minimum absolute atomic E-state index is 0.0270. The molecule has 6 nitrogen and oxygen atoms in total. The van der Waals surface area contributed by atoms with Crippen LogP contribution in [0.2, 0.25) is 0 Å². The highest BCUT2D eigenvalue weighted by molar-refractivity contribution is 9.10. The zero-order valence-corrected chi connectivity index (χ0v) is 28.6. The fourth-order valence-corrected chi connectivity index (χ4v) is 8.32. The lowest BCUT2D eigenvalue weighted by Gasteiger charge is -2.23. The molecule has 2 heterocycles. The molecule has 0 fully saturated rings. The summed E-state index contributed by atoms with van der Waals surface area (Å²) < 4.78 is 43.3. The first-order valence-electron chi connectivity index (χ1n) is 15.7. The highest BCUT2D eigenvalue weighted by Crippen LogP contribution is 2.48. The second kappa shape index (κ2) is 12.2. The van der Waals surface area contributed by atoms with Crippen molar-refractivity contribution in [2.45, 2.75) is 10.8 Å². The smallest absolute Gasteiger partial charge is 0.346 e. The summed E-state index contributed by atoms with van der Waals surface area (Å²) in [4.78, 5) is 13.5.